The summed E-state index contributed by atoms with van der Waals surface area (Å²) in [5.74, 6) is 1.12. The first-order chi connectivity index (χ1) is 11.8. The van der Waals surface area contributed by atoms with Crippen LogP contribution < -0.4 is 5.63 Å². The summed E-state index contributed by atoms with van der Waals surface area (Å²) in [6.07, 6.45) is 3.33. The Labute approximate surface area is 143 Å². The molecule has 0 spiro atoms. The predicted octanol–water partition coefficient (Wildman–Crippen LogP) is 4.20. The maximum Gasteiger partial charge on any atom is 0.336 e. The summed E-state index contributed by atoms with van der Waals surface area (Å²) in [7, 11) is 0. The van der Waals surface area contributed by atoms with E-state index >= 15 is 0 Å². The predicted molar refractivity (Wildman–Crippen MR) is 94.2 cm³/mol. The van der Waals surface area contributed by atoms with E-state index in [1.165, 1.54) is 12.1 Å². The van der Waals surface area contributed by atoms with Gasteiger partial charge in [-0.1, -0.05) is 0 Å². The van der Waals surface area contributed by atoms with E-state index in [0.717, 1.165) is 16.3 Å². The van der Waals surface area contributed by atoms with Crippen LogP contribution in [-0.4, -0.2) is 11.4 Å². The Kier molecular flexibility index (Phi) is 3.22. The zero-order valence-corrected chi connectivity index (χ0v) is 14.1. The summed E-state index contributed by atoms with van der Waals surface area (Å²) in [6, 6.07) is 8.62. The topological polar surface area (TPSA) is 69.7 Å². The van der Waals surface area contributed by atoms with Gasteiger partial charge in [-0.25, -0.2) is 4.79 Å². The third-order valence-electron chi connectivity index (χ3n) is 4.25. The van der Waals surface area contributed by atoms with E-state index in [0.29, 0.717) is 22.7 Å². The summed E-state index contributed by atoms with van der Waals surface area (Å²) in [5, 5.41) is 1.73. The highest BCUT2D eigenvalue weighted by molar-refractivity contribution is 5.99. The molecule has 0 saturated carbocycles. The molecule has 0 saturated heterocycles. The van der Waals surface area contributed by atoms with Crippen molar-refractivity contribution in [2.45, 2.75) is 26.4 Å². The lowest BCUT2D eigenvalue weighted by Gasteiger charge is -2.18. The van der Waals surface area contributed by atoms with Gasteiger partial charge in [-0.2, -0.15) is 0 Å². The van der Waals surface area contributed by atoms with Gasteiger partial charge in [0.05, 0.1) is 0 Å². The maximum absolute atomic E-state index is 11.9. The van der Waals surface area contributed by atoms with E-state index < -0.39 is 11.2 Å². The number of hydrogen-bond donors (Lipinski definition) is 0. The molecule has 3 heterocycles. The van der Waals surface area contributed by atoms with Crippen molar-refractivity contribution in [2.75, 3.05) is 0 Å². The lowest BCUT2D eigenvalue weighted by atomic mass is 10.1. The molecule has 0 unspecified atom stereocenters. The minimum atomic E-state index is -0.826. The fraction of sp³-hybridized carbons (Fsp3) is 0.200. The van der Waals surface area contributed by atoms with Gasteiger partial charge < -0.3 is 13.6 Å². The van der Waals surface area contributed by atoms with Crippen LogP contribution in [0.1, 0.15) is 26.5 Å². The van der Waals surface area contributed by atoms with Crippen LogP contribution >= 0.6 is 0 Å². The van der Waals surface area contributed by atoms with Gasteiger partial charge in [0.25, 0.3) is 0 Å². The van der Waals surface area contributed by atoms with Crippen LogP contribution in [0.4, 0.5) is 0 Å². The van der Waals surface area contributed by atoms with Crippen molar-refractivity contribution in [3.8, 4) is 0 Å². The number of ether oxygens (including phenoxy) is 1. The van der Waals surface area contributed by atoms with Crippen molar-refractivity contribution in [2.24, 2.45) is 0 Å². The summed E-state index contributed by atoms with van der Waals surface area (Å²) in [4.78, 5) is 23.2. The van der Waals surface area contributed by atoms with Crippen LogP contribution in [0.15, 0.2) is 61.4 Å². The lowest BCUT2D eigenvalue weighted by Crippen LogP contribution is -2.27. The second-order valence-electron chi connectivity index (χ2n) is 6.64. The number of allylic oxidation sites excluding steroid dienone is 1. The number of carbonyl (C=O) groups is 1. The van der Waals surface area contributed by atoms with Crippen molar-refractivity contribution in [1.82, 2.24) is 0 Å². The quantitative estimate of drug-likeness (QED) is 0.656. The fourth-order valence-corrected chi connectivity index (χ4v) is 2.82. The van der Waals surface area contributed by atoms with Gasteiger partial charge in [0, 0.05) is 29.0 Å². The number of hydrogen-bond acceptors (Lipinski definition) is 5. The Morgan fingerprint density at radius 1 is 1.00 bits per heavy atom. The van der Waals surface area contributed by atoms with Crippen molar-refractivity contribution >= 4 is 33.8 Å². The molecule has 25 heavy (non-hydrogen) atoms. The third kappa shape index (κ3) is 2.67. The molecule has 0 bridgehead atoms. The summed E-state index contributed by atoms with van der Waals surface area (Å²) < 4.78 is 16.7. The number of fused-ring (bicyclic) bond motifs is 2. The molecule has 0 N–H and O–H groups in total. The van der Waals surface area contributed by atoms with E-state index in [-0.39, 0.29) is 5.78 Å². The first kappa shape index (κ1) is 15.4. The van der Waals surface area contributed by atoms with Crippen LogP contribution in [0.5, 0.6) is 0 Å². The molecule has 2 aromatic heterocycles. The summed E-state index contributed by atoms with van der Waals surface area (Å²) in [5.41, 5.74) is 0.684. The second kappa shape index (κ2) is 5.21. The molecule has 4 rings (SSSR count). The Balaban J connectivity index is 1.74. The number of furan rings is 1. The zero-order valence-electron chi connectivity index (χ0n) is 14.1. The Bertz CT molecular complexity index is 1140. The smallest absolute Gasteiger partial charge is 0.336 e. The van der Waals surface area contributed by atoms with Crippen molar-refractivity contribution < 1.29 is 18.4 Å². The SMILES string of the molecule is C/C(=C\c1cc2cc3ccc(=O)oc3cc2o1)C1=CC(=O)C(C)(C)O1. The molecule has 5 nitrogen and oxygen atoms in total. The van der Waals surface area contributed by atoms with Crippen LogP contribution in [-0.2, 0) is 9.53 Å². The molecule has 1 aliphatic rings. The Hall–Kier alpha value is -3.08. The average Bonchev–Trinajstić information content (AvgIpc) is 3.04. The standard InChI is InChI=1S/C20H16O5/c1-11(15-10-18(21)20(2,3)25-15)6-14-8-13-7-12-4-5-19(22)24-16(12)9-17(13)23-14/h4-10H,1-3H3/b11-6+. The van der Waals surface area contributed by atoms with Gasteiger partial charge in [-0.15, -0.1) is 0 Å². The summed E-state index contributed by atoms with van der Waals surface area (Å²) >= 11 is 0. The second-order valence-corrected chi connectivity index (χ2v) is 6.64. The van der Waals surface area contributed by atoms with Crippen LogP contribution in [0.25, 0.3) is 28.0 Å². The number of benzene rings is 1. The molecule has 0 amide bonds. The average molecular weight is 336 g/mol. The molecule has 126 valence electrons. The molecule has 1 aromatic carbocycles. The van der Waals surface area contributed by atoms with E-state index in [1.54, 1.807) is 26.0 Å². The lowest BCUT2D eigenvalue weighted by molar-refractivity contribution is -0.126. The molecule has 3 aromatic rings. The summed E-state index contributed by atoms with van der Waals surface area (Å²) in [6.45, 7) is 5.35. The largest absolute Gasteiger partial charge is 0.479 e. The Morgan fingerprint density at radius 3 is 2.48 bits per heavy atom. The monoisotopic (exact) mass is 336 g/mol. The highest BCUT2D eigenvalue weighted by atomic mass is 16.5. The number of rotatable bonds is 2. The van der Waals surface area contributed by atoms with E-state index in [9.17, 15) is 9.59 Å². The normalized spacial score (nSPS) is 17.2. The fourth-order valence-electron chi connectivity index (χ4n) is 2.82. The minimum absolute atomic E-state index is 0.0545. The molecule has 5 heteroatoms. The van der Waals surface area contributed by atoms with Gasteiger partial charge in [-0.3, -0.25) is 4.79 Å². The molecular formula is C20H16O5. The van der Waals surface area contributed by atoms with E-state index in [2.05, 4.69) is 0 Å². The first-order valence-electron chi connectivity index (χ1n) is 7.93. The third-order valence-corrected chi connectivity index (χ3v) is 4.25. The zero-order chi connectivity index (χ0) is 17.8. The number of carbonyl (C=O) groups excluding carboxylic acids is 1. The number of ketones is 1. The van der Waals surface area contributed by atoms with Crippen LogP contribution in [0, 0.1) is 0 Å². The first-order valence-corrected chi connectivity index (χ1v) is 7.93. The molecule has 0 aliphatic carbocycles. The van der Waals surface area contributed by atoms with Crippen LogP contribution in [0.2, 0.25) is 0 Å². The van der Waals surface area contributed by atoms with Gasteiger partial charge >= 0.3 is 5.63 Å². The van der Waals surface area contributed by atoms with E-state index in [1.807, 2.05) is 25.1 Å². The highest BCUT2D eigenvalue weighted by Gasteiger charge is 2.35. The van der Waals surface area contributed by atoms with Gasteiger partial charge in [0.1, 0.15) is 22.7 Å². The molecule has 1 aliphatic heterocycles. The molecule has 0 radical (unpaired) electrons. The maximum atomic E-state index is 11.9. The van der Waals surface area contributed by atoms with Crippen LogP contribution in [0.3, 0.4) is 0 Å². The van der Waals surface area contributed by atoms with Gasteiger partial charge in [0.15, 0.2) is 5.60 Å². The highest BCUT2D eigenvalue weighted by Crippen LogP contribution is 2.31. The molecular weight excluding hydrogens is 320 g/mol. The van der Waals surface area contributed by atoms with E-state index in [4.69, 9.17) is 13.6 Å². The Morgan fingerprint density at radius 2 is 1.76 bits per heavy atom. The van der Waals surface area contributed by atoms with Crippen molar-refractivity contribution in [3.63, 3.8) is 0 Å². The molecule has 0 atom stereocenters. The molecule has 0 fully saturated rings. The minimum Gasteiger partial charge on any atom is -0.479 e. The van der Waals surface area contributed by atoms with Gasteiger partial charge in [0.2, 0.25) is 5.78 Å². The van der Waals surface area contributed by atoms with Crippen molar-refractivity contribution in [3.05, 3.63) is 63.9 Å². The van der Waals surface area contributed by atoms with Crippen molar-refractivity contribution in [1.29, 1.82) is 0 Å². The van der Waals surface area contributed by atoms with Gasteiger partial charge in [-0.05, 0) is 50.6 Å².